The minimum atomic E-state index is -0.169. The summed E-state index contributed by atoms with van der Waals surface area (Å²) in [6, 6.07) is -0.00435. The highest BCUT2D eigenvalue weighted by Crippen LogP contribution is 2.12. The molecule has 0 N–H and O–H groups in total. The molecule has 0 fully saturated rings. The number of aryl methyl sites for hydroxylation is 1. The molecular formula is C8H15ClN4O. The van der Waals surface area contributed by atoms with Gasteiger partial charge in [0.2, 0.25) is 0 Å². The second kappa shape index (κ2) is 4.59. The Morgan fingerprint density at radius 3 is 2.50 bits per heavy atom. The smallest absolute Gasteiger partial charge is 0.244 e. The van der Waals surface area contributed by atoms with Gasteiger partial charge in [0.25, 0.3) is 0 Å². The predicted molar refractivity (Wildman–Crippen MR) is 54.6 cm³/mol. The van der Waals surface area contributed by atoms with Crippen LogP contribution in [0.15, 0.2) is 4.79 Å². The molecule has 0 aliphatic heterocycles. The summed E-state index contributed by atoms with van der Waals surface area (Å²) in [5, 5.41) is 7.57. The van der Waals surface area contributed by atoms with E-state index in [4.69, 9.17) is 11.6 Å². The first-order chi connectivity index (χ1) is 6.56. The lowest BCUT2D eigenvalue weighted by Gasteiger charge is -2.10. The Bertz CT molecular complexity index is 343. The van der Waals surface area contributed by atoms with Crippen molar-refractivity contribution in [1.29, 1.82) is 0 Å². The Labute approximate surface area is 87.6 Å². The van der Waals surface area contributed by atoms with Gasteiger partial charge in [0, 0.05) is 11.9 Å². The van der Waals surface area contributed by atoms with Crippen molar-refractivity contribution >= 4 is 11.6 Å². The fourth-order valence-corrected chi connectivity index (χ4v) is 1.59. The zero-order valence-corrected chi connectivity index (χ0v) is 9.40. The van der Waals surface area contributed by atoms with Gasteiger partial charge in [0.05, 0.1) is 6.04 Å². The number of aromatic nitrogens is 4. The quantitative estimate of drug-likeness (QED) is 0.710. The maximum Gasteiger partial charge on any atom is 0.363 e. The van der Waals surface area contributed by atoms with Crippen LogP contribution >= 0.6 is 11.6 Å². The van der Waals surface area contributed by atoms with Gasteiger partial charge in [-0.2, -0.15) is 9.36 Å². The summed E-state index contributed by atoms with van der Waals surface area (Å²) in [6.45, 7) is 6.21. The van der Waals surface area contributed by atoms with Crippen molar-refractivity contribution in [2.75, 3.05) is 0 Å². The van der Waals surface area contributed by atoms with Crippen LogP contribution in [0.4, 0.5) is 0 Å². The number of halogens is 1. The first kappa shape index (κ1) is 11.2. The minimum Gasteiger partial charge on any atom is -0.244 e. The van der Waals surface area contributed by atoms with Gasteiger partial charge in [-0.1, -0.05) is 0 Å². The summed E-state index contributed by atoms with van der Waals surface area (Å²) in [4.78, 5) is 11.6. The van der Waals surface area contributed by atoms with E-state index in [0.717, 1.165) is 0 Å². The average Bonchev–Trinajstić information content (AvgIpc) is 2.45. The van der Waals surface area contributed by atoms with Gasteiger partial charge in [-0.25, -0.2) is 4.79 Å². The molecule has 0 aromatic carbocycles. The third-order valence-electron chi connectivity index (χ3n) is 2.04. The Morgan fingerprint density at radius 2 is 2.07 bits per heavy atom. The summed E-state index contributed by atoms with van der Waals surface area (Å²) in [7, 11) is 0. The largest absolute Gasteiger partial charge is 0.363 e. The van der Waals surface area contributed by atoms with Crippen LogP contribution in [-0.2, 0) is 6.54 Å². The molecule has 1 rings (SSSR count). The number of hydrogen-bond donors (Lipinski definition) is 0. The molecule has 1 aromatic rings. The van der Waals surface area contributed by atoms with Crippen molar-refractivity contribution in [2.24, 2.45) is 0 Å². The topological polar surface area (TPSA) is 52.7 Å². The summed E-state index contributed by atoms with van der Waals surface area (Å²) < 4.78 is 2.71. The Hall–Kier alpha value is -0.840. The molecule has 0 radical (unpaired) electrons. The van der Waals surface area contributed by atoms with E-state index in [1.807, 2.05) is 20.8 Å². The lowest BCUT2D eigenvalue weighted by atomic mass is 10.2. The Balaban J connectivity index is 2.85. The lowest BCUT2D eigenvalue weighted by Crippen LogP contribution is -2.28. The molecule has 2 unspecified atom stereocenters. The monoisotopic (exact) mass is 218 g/mol. The molecule has 6 heteroatoms. The lowest BCUT2D eigenvalue weighted by molar-refractivity contribution is 0.434. The molecular weight excluding hydrogens is 204 g/mol. The maximum atomic E-state index is 11.6. The number of hydrogen-bond acceptors (Lipinski definition) is 3. The first-order valence-corrected chi connectivity index (χ1v) is 5.16. The second-order valence-electron chi connectivity index (χ2n) is 3.39. The van der Waals surface area contributed by atoms with Gasteiger partial charge in [0.15, 0.2) is 0 Å². The highest BCUT2D eigenvalue weighted by atomic mass is 35.5. The van der Waals surface area contributed by atoms with Gasteiger partial charge in [0.1, 0.15) is 0 Å². The summed E-state index contributed by atoms with van der Waals surface area (Å²) in [5.41, 5.74) is -0.169. The molecule has 14 heavy (non-hydrogen) atoms. The molecule has 2 atom stereocenters. The average molecular weight is 219 g/mol. The molecule has 0 saturated carbocycles. The van der Waals surface area contributed by atoms with Gasteiger partial charge in [-0.05, 0) is 37.6 Å². The van der Waals surface area contributed by atoms with Crippen LogP contribution in [0.25, 0.3) is 0 Å². The molecule has 0 saturated heterocycles. The van der Waals surface area contributed by atoms with Crippen molar-refractivity contribution in [1.82, 2.24) is 19.8 Å². The van der Waals surface area contributed by atoms with Crippen molar-refractivity contribution in [3.63, 3.8) is 0 Å². The van der Waals surface area contributed by atoms with Crippen LogP contribution < -0.4 is 5.69 Å². The van der Waals surface area contributed by atoms with Crippen LogP contribution in [0, 0.1) is 0 Å². The van der Waals surface area contributed by atoms with E-state index in [1.54, 1.807) is 0 Å². The normalized spacial score (nSPS) is 15.4. The van der Waals surface area contributed by atoms with Crippen molar-refractivity contribution in [3.05, 3.63) is 10.5 Å². The maximum absolute atomic E-state index is 11.6. The van der Waals surface area contributed by atoms with E-state index < -0.39 is 0 Å². The van der Waals surface area contributed by atoms with Gasteiger partial charge < -0.3 is 0 Å². The van der Waals surface area contributed by atoms with Crippen molar-refractivity contribution in [2.45, 2.75) is 45.2 Å². The zero-order valence-electron chi connectivity index (χ0n) is 8.64. The Kier molecular flexibility index (Phi) is 3.69. The fourth-order valence-electron chi connectivity index (χ4n) is 1.33. The van der Waals surface area contributed by atoms with Crippen molar-refractivity contribution < 1.29 is 0 Å². The zero-order chi connectivity index (χ0) is 10.7. The van der Waals surface area contributed by atoms with Crippen LogP contribution in [0.1, 0.15) is 33.2 Å². The molecule has 1 aromatic heterocycles. The standard InChI is InChI=1S/C8H15ClN4O/c1-4-12-8(14)13(11-10-12)7(3)5-6(2)9/h6-7H,4-5H2,1-3H3. The number of nitrogens with zero attached hydrogens (tertiary/aromatic N) is 4. The van der Waals surface area contributed by atoms with Crippen LogP contribution in [0.2, 0.25) is 0 Å². The number of rotatable bonds is 4. The fraction of sp³-hybridized carbons (Fsp3) is 0.875. The third kappa shape index (κ3) is 2.35. The van der Waals surface area contributed by atoms with E-state index in [0.29, 0.717) is 13.0 Å². The second-order valence-corrected chi connectivity index (χ2v) is 4.13. The predicted octanol–water partition coefficient (Wildman–Crippen LogP) is 1.04. The molecule has 80 valence electrons. The van der Waals surface area contributed by atoms with Crippen LogP contribution in [-0.4, -0.2) is 25.2 Å². The summed E-state index contributed by atoms with van der Waals surface area (Å²) >= 11 is 5.85. The number of tetrazole rings is 1. The van der Waals surface area contributed by atoms with Crippen molar-refractivity contribution in [3.8, 4) is 0 Å². The molecule has 0 aliphatic rings. The number of alkyl halides is 1. The van der Waals surface area contributed by atoms with E-state index in [-0.39, 0.29) is 17.1 Å². The molecule has 0 amide bonds. The SMILES string of the molecule is CCn1nnn(C(C)CC(C)Cl)c1=O. The van der Waals surface area contributed by atoms with E-state index in [1.165, 1.54) is 9.36 Å². The highest BCUT2D eigenvalue weighted by Gasteiger charge is 2.14. The Morgan fingerprint density at radius 1 is 1.43 bits per heavy atom. The van der Waals surface area contributed by atoms with E-state index >= 15 is 0 Å². The molecule has 0 spiro atoms. The molecule has 0 bridgehead atoms. The van der Waals surface area contributed by atoms with Gasteiger partial charge in [-0.15, -0.1) is 11.6 Å². The molecule has 5 nitrogen and oxygen atoms in total. The van der Waals surface area contributed by atoms with Gasteiger partial charge >= 0.3 is 5.69 Å². The molecule has 1 heterocycles. The molecule has 0 aliphatic carbocycles. The summed E-state index contributed by atoms with van der Waals surface area (Å²) in [6.07, 6.45) is 0.712. The highest BCUT2D eigenvalue weighted by molar-refractivity contribution is 6.20. The van der Waals surface area contributed by atoms with E-state index in [2.05, 4.69) is 10.4 Å². The third-order valence-corrected chi connectivity index (χ3v) is 2.22. The van der Waals surface area contributed by atoms with Crippen LogP contribution in [0.5, 0.6) is 0 Å². The minimum absolute atomic E-state index is 0.00435. The van der Waals surface area contributed by atoms with Crippen LogP contribution in [0.3, 0.4) is 0 Å². The summed E-state index contributed by atoms with van der Waals surface area (Å²) in [5.74, 6) is 0. The van der Waals surface area contributed by atoms with E-state index in [9.17, 15) is 4.79 Å². The first-order valence-electron chi connectivity index (χ1n) is 4.72. The van der Waals surface area contributed by atoms with Gasteiger partial charge in [-0.3, -0.25) is 0 Å².